The van der Waals surface area contributed by atoms with Crippen molar-refractivity contribution in [3.63, 3.8) is 0 Å². The number of amides is 1. The summed E-state index contributed by atoms with van der Waals surface area (Å²) in [6.45, 7) is 5.61. The summed E-state index contributed by atoms with van der Waals surface area (Å²) >= 11 is 0. The first-order valence-electron chi connectivity index (χ1n) is 18.6. The maximum Gasteiger partial charge on any atom is 0.335 e. The zero-order chi connectivity index (χ0) is 39.2. The van der Waals surface area contributed by atoms with E-state index < -0.39 is 5.97 Å². The average Bonchev–Trinajstić information content (AvgIpc) is 4.05. The van der Waals surface area contributed by atoms with E-state index in [0.717, 1.165) is 89.9 Å². The minimum Gasteiger partial charge on any atom is -0.478 e. The van der Waals surface area contributed by atoms with E-state index in [1.165, 1.54) is 6.92 Å². The van der Waals surface area contributed by atoms with Crippen LogP contribution in [0.15, 0.2) is 188 Å². The fourth-order valence-electron chi connectivity index (χ4n) is 7.41. The second kappa shape index (κ2) is 14.2. The van der Waals surface area contributed by atoms with E-state index in [-0.39, 0.29) is 11.5 Å². The molecule has 0 radical (unpaired) electrons. The van der Waals surface area contributed by atoms with Crippen molar-refractivity contribution in [2.75, 3.05) is 5.32 Å². The second-order valence-electron chi connectivity index (χ2n) is 14.2. The van der Waals surface area contributed by atoms with Crippen molar-refractivity contribution in [2.45, 2.75) is 20.8 Å². The number of benzene rings is 4. The molecule has 0 saturated carbocycles. The lowest BCUT2D eigenvalue weighted by Gasteiger charge is -2.13. The molecule has 9 rings (SSSR count). The molecular formula is C49H35N5O3. The molecule has 5 heterocycles. The Kier molecular flexibility index (Phi) is 8.78. The number of anilines is 1. The Morgan fingerprint density at radius 3 is 1.04 bits per heavy atom. The van der Waals surface area contributed by atoms with Gasteiger partial charge in [0, 0.05) is 34.9 Å². The van der Waals surface area contributed by atoms with Crippen LogP contribution in [0.4, 0.5) is 5.69 Å². The van der Waals surface area contributed by atoms with Crippen LogP contribution in [0.1, 0.15) is 50.7 Å². The van der Waals surface area contributed by atoms with Gasteiger partial charge in [0.2, 0.25) is 5.91 Å². The highest BCUT2D eigenvalue weighted by Gasteiger charge is 2.27. The number of aromatic carboxylic acids is 1. The third-order valence-corrected chi connectivity index (χ3v) is 10.2. The normalized spacial score (nSPS) is 16.8. The van der Waals surface area contributed by atoms with Gasteiger partial charge in [-0.05, 0) is 109 Å². The molecule has 0 fully saturated rings. The number of carbonyl (C=O) groups excluding carboxylic acids is 1. The summed E-state index contributed by atoms with van der Waals surface area (Å²) in [5, 5.41) is 12.6. The monoisotopic (exact) mass is 741 g/mol. The Morgan fingerprint density at radius 1 is 0.439 bits per heavy atom. The predicted molar refractivity (Wildman–Crippen MR) is 230 cm³/mol. The van der Waals surface area contributed by atoms with E-state index in [1.54, 1.807) is 12.1 Å². The molecule has 1 amide bonds. The molecule has 8 bridgehead atoms. The molecule has 8 nitrogen and oxygen atoms in total. The molecule has 0 saturated heterocycles. The molecular weight excluding hydrogens is 707 g/mol. The third-order valence-electron chi connectivity index (χ3n) is 10.2. The summed E-state index contributed by atoms with van der Waals surface area (Å²) in [5.74, 6) is -1.13. The number of nitrogens with zero attached hydrogens (tertiary/aromatic N) is 4. The Hall–Kier alpha value is -7.58. The van der Waals surface area contributed by atoms with Gasteiger partial charge >= 0.3 is 5.97 Å². The van der Waals surface area contributed by atoms with Crippen LogP contribution in [0.3, 0.4) is 0 Å². The SMILES string of the molecule is CC(=O)Nc1ccc(C2=C3C=CC(=N3)C(c3ccc(C)cc3)=C3C=CC(=N3)C(c3ccc(C(=O)O)cc3)=C3C=CC(=N3)C(c3ccc(C)cc3)=C3C=CC2=N3)cc1. The number of carboxylic acid groups (broad SMARTS) is 1. The van der Waals surface area contributed by atoms with E-state index in [0.29, 0.717) is 17.1 Å². The van der Waals surface area contributed by atoms with Crippen LogP contribution in [0.5, 0.6) is 0 Å². The maximum absolute atomic E-state index is 11.9. The number of hydrogen-bond donors (Lipinski definition) is 2. The van der Waals surface area contributed by atoms with E-state index in [9.17, 15) is 14.7 Å². The van der Waals surface area contributed by atoms with E-state index in [2.05, 4.69) is 67.7 Å². The first-order valence-corrected chi connectivity index (χ1v) is 18.6. The number of nitrogens with one attached hydrogen (secondary N) is 1. The fraction of sp³-hybridized carbons (Fsp3) is 0.0612. The van der Waals surface area contributed by atoms with Crippen molar-refractivity contribution in [1.29, 1.82) is 0 Å². The molecule has 274 valence electrons. The molecule has 4 aromatic carbocycles. The molecule has 0 aromatic heterocycles. The lowest BCUT2D eigenvalue weighted by Crippen LogP contribution is -2.06. The highest BCUT2D eigenvalue weighted by atomic mass is 16.4. The quantitative estimate of drug-likeness (QED) is 0.205. The van der Waals surface area contributed by atoms with Gasteiger partial charge in [0.25, 0.3) is 0 Å². The van der Waals surface area contributed by atoms with Crippen molar-refractivity contribution < 1.29 is 14.7 Å². The highest BCUT2D eigenvalue weighted by Crippen LogP contribution is 2.39. The number of allylic oxidation sites excluding steroid dienone is 12. The first kappa shape index (κ1) is 35.1. The number of rotatable bonds is 6. The smallest absolute Gasteiger partial charge is 0.335 e. The molecule has 5 aliphatic heterocycles. The van der Waals surface area contributed by atoms with Gasteiger partial charge < -0.3 is 10.4 Å². The zero-order valence-electron chi connectivity index (χ0n) is 31.4. The summed E-state index contributed by atoms with van der Waals surface area (Å²) in [6.07, 6.45) is 16.1. The Balaban J connectivity index is 1.33. The molecule has 5 aliphatic rings. The van der Waals surface area contributed by atoms with Crippen molar-refractivity contribution in [3.05, 3.63) is 207 Å². The van der Waals surface area contributed by atoms with Gasteiger partial charge in [-0.3, -0.25) is 4.79 Å². The average molecular weight is 742 g/mol. The molecule has 4 aromatic rings. The summed E-state index contributed by atoms with van der Waals surface area (Å²) in [7, 11) is 0. The van der Waals surface area contributed by atoms with Crippen LogP contribution in [0.2, 0.25) is 0 Å². The second-order valence-corrected chi connectivity index (χ2v) is 14.2. The molecule has 0 aliphatic carbocycles. The standard InChI is InChI=1S/C49H35N5O3/c1-28-4-8-31(9-5-28)45-37-20-24-41(51-37)47(33-12-14-35(15-13-33)49(56)57)42-25-21-38(52-42)46(32-10-6-29(2)7-11-32)40-23-27-44(54-40)48(43-26-22-39(45)53-43)34-16-18-36(19-17-34)50-30(3)55/h4-27H,1-3H3,(H,50,55)(H,56,57). The van der Waals surface area contributed by atoms with Crippen molar-refractivity contribution >= 4 is 62.7 Å². The number of carbonyl (C=O) groups is 2. The Bertz CT molecular complexity index is 2770. The van der Waals surface area contributed by atoms with Gasteiger partial charge in [-0.15, -0.1) is 0 Å². The number of aryl methyl sites for hydroxylation is 2. The van der Waals surface area contributed by atoms with Crippen molar-refractivity contribution in [1.82, 2.24) is 0 Å². The van der Waals surface area contributed by atoms with Gasteiger partial charge in [-0.1, -0.05) is 83.9 Å². The molecule has 8 heteroatoms. The summed E-state index contributed by atoms with van der Waals surface area (Å²) in [5.41, 5.74) is 15.9. The van der Waals surface area contributed by atoms with Gasteiger partial charge in [-0.2, -0.15) is 0 Å². The minimum atomic E-state index is -0.993. The summed E-state index contributed by atoms with van der Waals surface area (Å²) in [6, 6.07) is 31.2. The van der Waals surface area contributed by atoms with Gasteiger partial charge in [-0.25, -0.2) is 24.8 Å². The topological polar surface area (TPSA) is 116 Å². The van der Waals surface area contributed by atoms with Gasteiger partial charge in [0.05, 0.1) is 51.2 Å². The van der Waals surface area contributed by atoms with Crippen LogP contribution in [-0.4, -0.2) is 39.8 Å². The van der Waals surface area contributed by atoms with E-state index in [4.69, 9.17) is 20.0 Å². The minimum absolute atomic E-state index is 0.141. The van der Waals surface area contributed by atoms with Gasteiger partial charge in [0.15, 0.2) is 0 Å². The Labute approximate surface area is 329 Å². The number of carboxylic acids is 1. The predicted octanol–water partition coefficient (Wildman–Crippen LogP) is 9.96. The third kappa shape index (κ3) is 6.74. The van der Waals surface area contributed by atoms with E-state index >= 15 is 0 Å². The van der Waals surface area contributed by atoms with Gasteiger partial charge in [0.1, 0.15) is 0 Å². The number of aliphatic imine (C=N–C) groups is 4. The number of fused-ring (bicyclic) bond motifs is 4. The van der Waals surface area contributed by atoms with Crippen LogP contribution >= 0.6 is 0 Å². The summed E-state index contributed by atoms with van der Waals surface area (Å²) in [4.78, 5) is 44.9. The molecule has 0 unspecified atom stereocenters. The molecule has 57 heavy (non-hydrogen) atoms. The van der Waals surface area contributed by atoms with Crippen LogP contribution < -0.4 is 5.32 Å². The fourth-order valence-corrected chi connectivity index (χ4v) is 7.41. The van der Waals surface area contributed by atoms with E-state index in [1.807, 2.05) is 85.0 Å². The maximum atomic E-state index is 11.9. The molecule has 0 atom stereocenters. The first-order chi connectivity index (χ1) is 27.7. The van der Waals surface area contributed by atoms with Crippen molar-refractivity contribution in [3.8, 4) is 0 Å². The molecule has 2 N–H and O–H groups in total. The Morgan fingerprint density at radius 2 is 0.737 bits per heavy atom. The highest BCUT2D eigenvalue weighted by molar-refractivity contribution is 6.39. The summed E-state index contributed by atoms with van der Waals surface area (Å²) < 4.78 is 0. The lowest BCUT2D eigenvalue weighted by molar-refractivity contribution is -0.114. The molecule has 0 spiro atoms. The zero-order valence-corrected chi connectivity index (χ0v) is 31.4. The largest absolute Gasteiger partial charge is 0.478 e. The lowest BCUT2D eigenvalue weighted by atomic mass is 9.97. The van der Waals surface area contributed by atoms with Crippen LogP contribution in [0, 0.1) is 13.8 Å². The van der Waals surface area contributed by atoms with Crippen molar-refractivity contribution in [2.24, 2.45) is 20.0 Å². The van der Waals surface area contributed by atoms with Crippen LogP contribution in [0.25, 0.3) is 22.3 Å². The number of hydrogen-bond acceptors (Lipinski definition) is 6. The van der Waals surface area contributed by atoms with Crippen LogP contribution in [-0.2, 0) is 4.79 Å².